The van der Waals surface area contributed by atoms with Crippen LogP contribution in [0.2, 0.25) is 5.02 Å². The summed E-state index contributed by atoms with van der Waals surface area (Å²) in [4.78, 5) is 13.9. The number of amides is 1. The fourth-order valence-electron chi connectivity index (χ4n) is 3.57. The minimum absolute atomic E-state index is 0.110. The summed E-state index contributed by atoms with van der Waals surface area (Å²) in [6.45, 7) is 2.11. The van der Waals surface area contributed by atoms with Gasteiger partial charge in [0.15, 0.2) is 0 Å². The van der Waals surface area contributed by atoms with Gasteiger partial charge in [-0.15, -0.1) is 11.8 Å². The van der Waals surface area contributed by atoms with Crippen LogP contribution in [0.25, 0.3) is 11.1 Å². The van der Waals surface area contributed by atoms with E-state index in [0.717, 1.165) is 22.4 Å². The van der Waals surface area contributed by atoms with Crippen LogP contribution < -0.4 is 10.1 Å². The molecule has 1 N–H and O–H groups in total. The smallest absolute Gasteiger partial charge is 0.228 e. The van der Waals surface area contributed by atoms with E-state index in [1.807, 2.05) is 60.7 Å². The number of thioether (sulfide) groups is 1. The lowest BCUT2D eigenvalue weighted by Crippen LogP contribution is -2.14. The molecule has 0 saturated heterocycles. The van der Waals surface area contributed by atoms with Gasteiger partial charge in [-0.05, 0) is 71.5 Å². The maximum Gasteiger partial charge on any atom is 0.228 e. The van der Waals surface area contributed by atoms with Crippen LogP contribution in [-0.2, 0) is 11.2 Å². The van der Waals surface area contributed by atoms with E-state index in [4.69, 9.17) is 21.6 Å². The quantitative estimate of drug-likeness (QED) is 0.250. The second-order valence-electron chi connectivity index (χ2n) is 7.76. The van der Waals surface area contributed by atoms with E-state index in [0.29, 0.717) is 27.8 Å². The molecule has 4 rings (SSSR count). The Bertz CT molecular complexity index is 1360. The number of carbonyl (C=O) groups is 1. The molecule has 0 saturated carbocycles. The Morgan fingerprint density at radius 1 is 1.00 bits per heavy atom. The fourth-order valence-corrected chi connectivity index (χ4v) is 4.41. The molecule has 0 radical (unpaired) electrons. The van der Waals surface area contributed by atoms with Crippen molar-refractivity contribution in [1.29, 1.82) is 5.26 Å². The maximum atomic E-state index is 12.7. The molecule has 0 unspecified atom stereocenters. The van der Waals surface area contributed by atoms with Crippen molar-refractivity contribution < 1.29 is 9.53 Å². The summed E-state index contributed by atoms with van der Waals surface area (Å²) in [5.74, 6) is 2.05. The van der Waals surface area contributed by atoms with Crippen molar-refractivity contribution in [2.45, 2.75) is 18.2 Å². The number of nitrogens with one attached hydrogen (secondary N) is 1. The predicted octanol–water partition coefficient (Wildman–Crippen LogP) is 7.96. The number of nitrogens with zero attached hydrogens (tertiary/aromatic N) is 1. The zero-order valence-electron chi connectivity index (χ0n) is 19.1. The van der Waals surface area contributed by atoms with E-state index < -0.39 is 0 Å². The molecule has 174 valence electrons. The Labute approximate surface area is 214 Å². The lowest BCUT2D eigenvalue weighted by Gasteiger charge is -2.14. The highest BCUT2D eigenvalue weighted by Crippen LogP contribution is 2.36. The summed E-state index contributed by atoms with van der Waals surface area (Å²) in [6, 6.07) is 30.1. The van der Waals surface area contributed by atoms with Crippen molar-refractivity contribution in [3.63, 3.8) is 0 Å². The molecule has 0 spiro atoms. The zero-order valence-corrected chi connectivity index (χ0v) is 20.7. The van der Waals surface area contributed by atoms with E-state index in [-0.39, 0.29) is 12.3 Å². The van der Waals surface area contributed by atoms with Gasteiger partial charge in [-0.3, -0.25) is 4.79 Å². The molecule has 4 aromatic rings. The van der Waals surface area contributed by atoms with Gasteiger partial charge in [0.2, 0.25) is 5.91 Å². The molecule has 0 heterocycles. The van der Waals surface area contributed by atoms with Gasteiger partial charge in [-0.25, -0.2) is 0 Å². The fraction of sp³-hybridized carbons (Fsp3) is 0.103. The SMILES string of the molecule is CCSc1ccc(CC(=O)Nc2ccc(-c3ccc(C#N)cc3)c(Oc3cccc(Cl)c3)c2)cc1. The van der Waals surface area contributed by atoms with Crippen LogP contribution in [0, 0.1) is 11.3 Å². The summed E-state index contributed by atoms with van der Waals surface area (Å²) < 4.78 is 6.17. The summed E-state index contributed by atoms with van der Waals surface area (Å²) in [5, 5.41) is 12.6. The van der Waals surface area contributed by atoms with E-state index in [9.17, 15) is 4.79 Å². The number of benzene rings is 4. The van der Waals surface area contributed by atoms with Crippen LogP contribution in [0.5, 0.6) is 11.5 Å². The average molecular weight is 499 g/mol. The Morgan fingerprint density at radius 3 is 2.46 bits per heavy atom. The largest absolute Gasteiger partial charge is 0.457 e. The third kappa shape index (κ3) is 6.66. The van der Waals surface area contributed by atoms with Crippen LogP contribution >= 0.6 is 23.4 Å². The first-order valence-corrected chi connectivity index (χ1v) is 12.5. The molecular formula is C29H23ClN2O2S. The highest BCUT2D eigenvalue weighted by Gasteiger charge is 2.12. The molecule has 0 atom stereocenters. The molecule has 0 aliphatic heterocycles. The lowest BCUT2D eigenvalue weighted by atomic mass is 10.0. The molecule has 1 amide bonds. The summed E-state index contributed by atoms with van der Waals surface area (Å²) in [5.41, 5.74) is 3.88. The van der Waals surface area contributed by atoms with E-state index >= 15 is 0 Å². The molecule has 6 heteroatoms. The number of ether oxygens (including phenoxy) is 1. The van der Waals surface area contributed by atoms with Gasteiger partial charge in [0.1, 0.15) is 11.5 Å². The van der Waals surface area contributed by atoms with Crippen LogP contribution in [0.3, 0.4) is 0 Å². The van der Waals surface area contributed by atoms with Crippen molar-refractivity contribution in [3.05, 3.63) is 107 Å². The van der Waals surface area contributed by atoms with Crippen LogP contribution in [0.15, 0.2) is 95.9 Å². The highest BCUT2D eigenvalue weighted by molar-refractivity contribution is 7.99. The van der Waals surface area contributed by atoms with Gasteiger partial charge < -0.3 is 10.1 Å². The number of rotatable bonds is 8. The van der Waals surface area contributed by atoms with Gasteiger partial charge in [0, 0.05) is 27.2 Å². The molecule has 0 bridgehead atoms. The number of halogens is 1. The lowest BCUT2D eigenvalue weighted by molar-refractivity contribution is -0.115. The minimum atomic E-state index is -0.110. The van der Waals surface area contributed by atoms with E-state index in [1.54, 1.807) is 42.1 Å². The van der Waals surface area contributed by atoms with Crippen molar-refractivity contribution in [2.75, 3.05) is 11.1 Å². The highest BCUT2D eigenvalue weighted by atomic mass is 35.5. The van der Waals surface area contributed by atoms with Gasteiger partial charge in [0.05, 0.1) is 18.1 Å². The van der Waals surface area contributed by atoms with Gasteiger partial charge in [-0.2, -0.15) is 5.26 Å². The molecule has 0 aliphatic rings. The monoisotopic (exact) mass is 498 g/mol. The molecule has 0 fully saturated rings. The van der Waals surface area contributed by atoms with Crippen LogP contribution in [0.1, 0.15) is 18.1 Å². The average Bonchev–Trinajstić information content (AvgIpc) is 2.86. The summed E-state index contributed by atoms with van der Waals surface area (Å²) in [7, 11) is 0. The van der Waals surface area contributed by atoms with Gasteiger partial charge in [-0.1, -0.05) is 48.9 Å². The first-order chi connectivity index (χ1) is 17.0. The number of carbonyl (C=O) groups excluding carboxylic acids is 1. The van der Waals surface area contributed by atoms with E-state index in [2.05, 4.69) is 18.3 Å². The number of hydrogen-bond donors (Lipinski definition) is 1. The normalized spacial score (nSPS) is 10.4. The summed E-state index contributed by atoms with van der Waals surface area (Å²) in [6.07, 6.45) is 0.277. The van der Waals surface area contributed by atoms with Gasteiger partial charge >= 0.3 is 0 Å². The number of hydrogen-bond acceptors (Lipinski definition) is 4. The Hall–Kier alpha value is -3.72. The molecule has 0 aliphatic carbocycles. The first kappa shape index (κ1) is 24.4. The summed E-state index contributed by atoms with van der Waals surface area (Å²) >= 11 is 7.91. The van der Waals surface area contributed by atoms with Crippen LogP contribution in [-0.4, -0.2) is 11.7 Å². The van der Waals surface area contributed by atoms with Crippen molar-refractivity contribution in [2.24, 2.45) is 0 Å². The third-order valence-corrected chi connectivity index (χ3v) is 6.34. The molecule has 35 heavy (non-hydrogen) atoms. The minimum Gasteiger partial charge on any atom is -0.457 e. The second-order valence-corrected chi connectivity index (χ2v) is 9.54. The predicted molar refractivity (Wildman–Crippen MR) is 143 cm³/mol. The van der Waals surface area contributed by atoms with Crippen molar-refractivity contribution in [3.8, 4) is 28.7 Å². The van der Waals surface area contributed by atoms with Crippen LogP contribution in [0.4, 0.5) is 5.69 Å². The van der Waals surface area contributed by atoms with Gasteiger partial charge in [0.25, 0.3) is 0 Å². The topological polar surface area (TPSA) is 62.1 Å². The third-order valence-electron chi connectivity index (χ3n) is 5.21. The maximum absolute atomic E-state index is 12.7. The molecular weight excluding hydrogens is 476 g/mol. The van der Waals surface area contributed by atoms with Crippen molar-refractivity contribution >= 4 is 35.0 Å². The number of anilines is 1. The Morgan fingerprint density at radius 2 is 1.77 bits per heavy atom. The second kappa shape index (κ2) is 11.6. The number of nitriles is 1. The molecule has 4 nitrogen and oxygen atoms in total. The Balaban J connectivity index is 1.57. The first-order valence-electron chi connectivity index (χ1n) is 11.1. The van der Waals surface area contributed by atoms with Crippen molar-refractivity contribution in [1.82, 2.24) is 0 Å². The standard InChI is InChI=1S/C29H23ClN2O2S/c1-2-35-26-13-8-20(9-14-26)16-29(33)32-24-12-15-27(22-10-6-21(19-31)7-11-22)28(18-24)34-25-5-3-4-23(30)17-25/h3-15,17-18H,2,16H2,1H3,(H,32,33). The van der Waals surface area contributed by atoms with E-state index in [1.165, 1.54) is 4.90 Å². The molecule has 0 aromatic heterocycles. The zero-order chi connectivity index (χ0) is 24.6. The molecule has 4 aromatic carbocycles. The Kier molecular flexibility index (Phi) is 8.10.